The first-order valence-corrected chi connectivity index (χ1v) is 5.31. The van der Waals surface area contributed by atoms with Crippen LogP contribution in [0, 0.1) is 0 Å². The lowest BCUT2D eigenvalue weighted by atomic mass is 10.1. The van der Waals surface area contributed by atoms with Gasteiger partial charge in [-0.25, -0.2) is 0 Å². The molecule has 2 heteroatoms. The maximum Gasteiger partial charge on any atom is 0.0415 e. The zero-order valence-corrected chi connectivity index (χ0v) is 9.01. The average molecular weight is 210 g/mol. The molecule has 0 unspecified atom stereocenters. The second-order valence-corrected chi connectivity index (χ2v) is 3.43. The zero-order valence-electron chi connectivity index (χ0n) is 9.01. The molecule has 1 aromatic carbocycles. The molecule has 2 aromatic rings. The van der Waals surface area contributed by atoms with E-state index in [1.165, 1.54) is 11.3 Å². The number of pyridine rings is 1. The fourth-order valence-electron chi connectivity index (χ4n) is 1.49. The van der Waals surface area contributed by atoms with Crippen LogP contribution in [-0.2, 0) is 6.42 Å². The molecule has 1 N–H and O–H groups in total. The highest BCUT2D eigenvalue weighted by Gasteiger charge is 1.99. The highest BCUT2D eigenvalue weighted by atomic mass is 14.8. The second-order valence-electron chi connectivity index (χ2n) is 3.43. The predicted molar refractivity (Wildman–Crippen MR) is 67.1 cm³/mol. The van der Waals surface area contributed by atoms with Gasteiger partial charge in [-0.1, -0.05) is 30.3 Å². The molecule has 2 heterocycles. The van der Waals surface area contributed by atoms with Crippen molar-refractivity contribution in [3.8, 4) is 0 Å². The number of benzene rings is 1. The molecule has 80 valence electrons. The molecule has 1 aromatic heterocycles. The lowest BCUT2D eigenvalue weighted by molar-refractivity contribution is 1.22. The van der Waals surface area contributed by atoms with Gasteiger partial charge in [-0.3, -0.25) is 4.98 Å². The minimum absolute atomic E-state index is 1.06. The van der Waals surface area contributed by atoms with Crippen molar-refractivity contribution in [1.82, 2.24) is 4.98 Å². The van der Waals surface area contributed by atoms with Gasteiger partial charge in [0.15, 0.2) is 0 Å². The molecule has 0 atom stereocenters. The van der Waals surface area contributed by atoms with Crippen LogP contribution in [0.1, 0.15) is 5.56 Å². The first-order chi connectivity index (χ1) is 7.97. The van der Waals surface area contributed by atoms with Crippen LogP contribution in [-0.4, -0.2) is 4.98 Å². The van der Waals surface area contributed by atoms with Crippen LogP contribution in [0.4, 0.5) is 5.69 Å². The van der Waals surface area contributed by atoms with Gasteiger partial charge >= 0.3 is 0 Å². The van der Waals surface area contributed by atoms with E-state index < -0.39 is 0 Å². The molecule has 3 rings (SSSR count). The summed E-state index contributed by atoms with van der Waals surface area (Å²) >= 11 is 0. The Morgan fingerprint density at radius 3 is 2.38 bits per heavy atom. The normalized spacial score (nSPS) is 11.8. The van der Waals surface area contributed by atoms with Crippen molar-refractivity contribution >= 4 is 5.69 Å². The highest BCUT2D eigenvalue weighted by Crippen LogP contribution is 2.18. The van der Waals surface area contributed by atoms with E-state index in [0.717, 1.165) is 6.42 Å². The van der Waals surface area contributed by atoms with Crippen molar-refractivity contribution in [1.29, 1.82) is 0 Å². The first kappa shape index (κ1) is 10.4. The largest absolute Gasteiger partial charge is 0.362 e. The summed E-state index contributed by atoms with van der Waals surface area (Å²) in [5, 5.41) is 3.18. The Labute approximate surface area is 95.7 Å². The Morgan fingerprint density at radius 2 is 1.75 bits per heavy atom. The van der Waals surface area contributed by atoms with Gasteiger partial charge in [0, 0.05) is 18.1 Å². The van der Waals surface area contributed by atoms with Crippen LogP contribution in [0.5, 0.6) is 0 Å². The number of nitrogens with one attached hydrogen (secondary N) is 1. The summed E-state index contributed by atoms with van der Waals surface area (Å²) in [7, 11) is 0. The van der Waals surface area contributed by atoms with Crippen molar-refractivity contribution in [2.75, 3.05) is 5.32 Å². The first-order valence-electron chi connectivity index (χ1n) is 5.31. The zero-order chi connectivity index (χ0) is 11.1. The fourth-order valence-corrected chi connectivity index (χ4v) is 1.49. The summed E-state index contributed by atoms with van der Waals surface area (Å²) in [5.41, 5.74) is 2.62. The Balaban J connectivity index is 0.000000138. The van der Waals surface area contributed by atoms with Gasteiger partial charge in [-0.15, -0.1) is 0 Å². The summed E-state index contributed by atoms with van der Waals surface area (Å²) in [4.78, 5) is 3.78. The summed E-state index contributed by atoms with van der Waals surface area (Å²) < 4.78 is 0. The number of fused-ring (bicyclic) bond motifs is 1. The SMILES string of the molecule is C1=CNc2ccccc2C1.c1ccncc1. The molecular formula is C14H14N2. The number of allylic oxidation sites excluding steroid dienone is 1. The number of hydrogen-bond acceptors (Lipinski definition) is 2. The molecule has 0 spiro atoms. The van der Waals surface area contributed by atoms with E-state index in [9.17, 15) is 0 Å². The van der Waals surface area contributed by atoms with E-state index in [2.05, 4.69) is 34.6 Å². The Hall–Kier alpha value is -2.09. The molecule has 0 fully saturated rings. The summed E-state index contributed by atoms with van der Waals surface area (Å²) in [6.07, 6.45) is 8.67. The van der Waals surface area contributed by atoms with Crippen LogP contribution in [0.2, 0.25) is 0 Å². The molecule has 0 bridgehead atoms. The Bertz CT molecular complexity index is 396. The molecule has 16 heavy (non-hydrogen) atoms. The molecule has 0 aliphatic carbocycles. The third-order valence-electron chi connectivity index (χ3n) is 2.28. The van der Waals surface area contributed by atoms with E-state index in [0.29, 0.717) is 0 Å². The quantitative estimate of drug-likeness (QED) is 0.722. The van der Waals surface area contributed by atoms with Gasteiger partial charge in [-0.05, 0) is 36.4 Å². The average Bonchev–Trinajstić information content (AvgIpc) is 2.42. The van der Waals surface area contributed by atoms with Crippen molar-refractivity contribution in [2.24, 2.45) is 0 Å². The Kier molecular flexibility index (Phi) is 3.72. The third-order valence-corrected chi connectivity index (χ3v) is 2.28. The molecule has 2 nitrogen and oxygen atoms in total. The summed E-state index contributed by atoms with van der Waals surface area (Å²) in [5.74, 6) is 0. The monoisotopic (exact) mass is 210 g/mol. The maximum atomic E-state index is 3.78. The van der Waals surface area contributed by atoms with Crippen LogP contribution in [0.15, 0.2) is 67.1 Å². The van der Waals surface area contributed by atoms with Gasteiger partial charge in [0.1, 0.15) is 0 Å². The number of anilines is 1. The fraction of sp³-hybridized carbons (Fsp3) is 0.0714. The van der Waals surface area contributed by atoms with Crippen LogP contribution < -0.4 is 5.32 Å². The number of aromatic nitrogens is 1. The number of para-hydroxylation sites is 1. The number of rotatable bonds is 0. The molecule has 0 saturated carbocycles. The standard InChI is InChI=1S/C9H9N.C5H5N/c1-2-6-9-8(4-1)5-3-7-10-9;1-2-4-6-5-3-1/h1-4,6-7,10H,5H2;1-5H. The summed E-state index contributed by atoms with van der Waals surface area (Å²) in [6.45, 7) is 0. The van der Waals surface area contributed by atoms with Gasteiger partial charge < -0.3 is 5.32 Å². The molecular weight excluding hydrogens is 196 g/mol. The molecule has 1 aliphatic rings. The Morgan fingerprint density at radius 1 is 0.938 bits per heavy atom. The molecule has 1 aliphatic heterocycles. The van der Waals surface area contributed by atoms with Crippen LogP contribution in [0.3, 0.4) is 0 Å². The summed E-state index contributed by atoms with van der Waals surface area (Å²) in [6, 6.07) is 14.1. The van der Waals surface area contributed by atoms with E-state index in [4.69, 9.17) is 0 Å². The molecule has 0 radical (unpaired) electrons. The second kappa shape index (κ2) is 5.71. The minimum atomic E-state index is 1.06. The van der Waals surface area contributed by atoms with E-state index >= 15 is 0 Å². The van der Waals surface area contributed by atoms with Crippen molar-refractivity contribution in [2.45, 2.75) is 6.42 Å². The van der Waals surface area contributed by atoms with E-state index in [1.807, 2.05) is 30.5 Å². The van der Waals surface area contributed by atoms with Gasteiger partial charge in [-0.2, -0.15) is 0 Å². The predicted octanol–water partition coefficient (Wildman–Crippen LogP) is 3.25. The number of nitrogens with zero attached hydrogens (tertiary/aromatic N) is 1. The highest BCUT2D eigenvalue weighted by molar-refractivity contribution is 5.55. The van der Waals surface area contributed by atoms with Gasteiger partial charge in [0.05, 0.1) is 0 Å². The molecule has 0 saturated heterocycles. The van der Waals surface area contributed by atoms with E-state index in [-0.39, 0.29) is 0 Å². The van der Waals surface area contributed by atoms with Crippen LogP contribution >= 0.6 is 0 Å². The lowest BCUT2D eigenvalue weighted by Gasteiger charge is -2.10. The topological polar surface area (TPSA) is 24.9 Å². The van der Waals surface area contributed by atoms with E-state index in [1.54, 1.807) is 12.4 Å². The van der Waals surface area contributed by atoms with Gasteiger partial charge in [0.25, 0.3) is 0 Å². The van der Waals surface area contributed by atoms with Crippen molar-refractivity contribution in [3.63, 3.8) is 0 Å². The number of hydrogen-bond donors (Lipinski definition) is 1. The van der Waals surface area contributed by atoms with Gasteiger partial charge in [0.2, 0.25) is 0 Å². The smallest absolute Gasteiger partial charge is 0.0415 e. The maximum absolute atomic E-state index is 3.78. The third kappa shape index (κ3) is 2.95. The van der Waals surface area contributed by atoms with Crippen molar-refractivity contribution in [3.05, 3.63) is 72.7 Å². The minimum Gasteiger partial charge on any atom is -0.362 e. The van der Waals surface area contributed by atoms with Crippen LogP contribution in [0.25, 0.3) is 0 Å². The lowest BCUT2D eigenvalue weighted by Crippen LogP contribution is -1.98. The molecule has 0 amide bonds. The van der Waals surface area contributed by atoms with Crippen molar-refractivity contribution < 1.29 is 0 Å².